The van der Waals surface area contributed by atoms with Crippen molar-refractivity contribution in [3.05, 3.63) is 56.8 Å². The van der Waals surface area contributed by atoms with Gasteiger partial charge in [-0.2, -0.15) is 18.4 Å². The highest BCUT2D eigenvalue weighted by Crippen LogP contribution is 2.50. The Morgan fingerprint density at radius 2 is 2.00 bits per heavy atom. The zero-order chi connectivity index (χ0) is 24.0. The molecule has 0 aliphatic carbocycles. The number of nitrogens with one attached hydrogen (secondary N) is 1. The molecule has 33 heavy (non-hydrogen) atoms. The molecule has 2 aliphatic rings. The number of rotatable bonds is 3. The third kappa shape index (κ3) is 4.02. The molecule has 14 heteroatoms. The molecular weight excluding hydrogens is 491 g/mol. The first-order valence-electron chi connectivity index (χ1n) is 9.27. The Bertz CT molecular complexity index is 1190. The van der Waals surface area contributed by atoms with Gasteiger partial charge in [0.05, 0.1) is 34.8 Å². The van der Waals surface area contributed by atoms with E-state index >= 15 is 0 Å². The van der Waals surface area contributed by atoms with Gasteiger partial charge in [0.25, 0.3) is 11.5 Å². The van der Waals surface area contributed by atoms with Crippen LogP contribution >= 0.6 is 23.2 Å². The smallest absolute Gasteiger partial charge is 0.372 e. The van der Waals surface area contributed by atoms with Crippen LogP contribution in [-0.4, -0.2) is 39.3 Å². The second kappa shape index (κ2) is 8.31. The van der Waals surface area contributed by atoms with Crippen LogP contribution in [0.2, 0.25) is 10.0 Å². The summed E-state index contributed by atoms with van der Waals surface area (Å²) < 4.78 is 56.2. The van der Waals surface area contributed by atoms with E-state index in [1.165, 1.54) is 11.1 Å². The first-order valence-corrected chi connectivity index (χ1v) is 10.0. The number of carbonyl (C=O) groups excluding carboxylic acids is 1. The molecule has 0 fully saturated rings. The van der Waals surface area contributed by atoms with Crippen LogP contribution in [0.5, 0.6) is 0 Å². The zero-order valence-corrected chi connectivity index (χ0v) is 17.9. The Balaban J connectivity index is 1.58. The van der Waals surface area contributed by atoms with Crippen molar-refractivity contribution in [1.82, 2.24) is 20.2 Å². The van der Waals surface area contributed by atoms with E-state index in [9.17, 15) is 22.4 Å². The monoisotopic (exact) mass is 502 g/mol. The summed E-state index contributed by atoms with van der Waals surface area (Å²) >= 11 is 11.4. The lowest BCUT2D eigenvalue weighted by Gasteiger charge is -2.30. The molecule has 8 nitrogen and oxygen atoms in total. The van der Waals surface area contributed by atoms with Gasteiger partial charge in [-0.25, -0.2) is 14.4 Å². The van der Waals surface area contributed by atoms with Crippen LogP contribution in [-0.2, 0) is 23.5 Å². The topological polar surface area (TPSA) is 104 Å². The summed E-state index contributed by atoms with van der Waals surface area (Å²) in [5.74, 6) is -1.89. The third-order valence-electron chi connectivity index (χ3n) is 5.17. The van der Waals surface area contributed by atoms with Crippen LogP contribution in [0.1, 0.15) is 33.9 Å². The van der Waals surface area contributed by atoms with Crippen LogP contribution in [0.4, 0.5) is 17.6 Å². The number of hydrogen-bond donors (Lipinski definition) is 1. The van der Waals surface area contributed by atoms with Crippen molar-refractivity contribution >= 4 is 34.9 Å². The van der Waals surface area contributed by atoms with Crippen LogP contribution in [0, 0.1) is 17.1 Å². The molecule has 1 atom stereocenters. The van der Waals surface area contributed by atoms with Gasteiger partial charge in [-0.05, 0) is 12.1 Å². The largest absolute Gasteiger partial charge is 0.435 e. The van der Waals surface area contributed by atoms with E-state index in [0.717, 1.165) is 12.1 Å². The maximum atomic E-state index is 14.1. The molecule has 0 saturated heterocycles. The lowest BCUT2D eigenvalue weighted by Crippen LogP contribution is -2.44. The minimum atomic E-state index is -4.93. The van der Waals surface area contributed by atoms with Gasteiger partial charge in [0.15, 0.2) is 5.82 Å². The van der Waals surface area contributed by atoms with Crippen molar-refractivity contribution in [2.75, 3.05) is 6.54 Å². The Morgan fingerprint density at radius 3 is 2.64 bits per heavy atom. The predicted octanol–water partition coefficient (Wildman–Crippen LogP) is 3.68. The molecule has 0 bridgehead atoms. The quantitative estimate of drug-likeness (QED) is 0.390. The van der Waals surface area contributed by atoms with E-state index in [1.807, 2.05) is 0 Å². The number of aromatic nitrogens is 2. The maximum absolute atomic E-state index is 14.1. The lowest BCUT2D eigenvalue weighted by molar-refractivity contribution is -0.275. The van der Waals surface area contributed by atoms with Crippen molar-refractivity contribution in [2.45, 2.75) is 31.3 Å². The summed E-state index contributed by atoms with van der Waals surface area (Å²) in [5.41, 5.74) is -2.39. The number of alkyl halides is 3. The van der Waals surface area contributed by atoms with Crippen molar-refractivity contribution in [1.29, 1.82) is 5.26 Å². The molecule has 0 spiro atoms. The molecule has 0 saturated carbocycles. The van der Waals surface area contributed by atoms with E-state index in [4.69, 9.17) is 33.3 Å². The third-order valence-corrected chi connectivity index (χ3v) is 5.72. The summed E-state index contributed by atoms with van der Waals surface area (Å²) in [7, 11) is 0. The lowest BCUT2D eigenvalue weighted by atomic mass is 9.89. The highest BCUT2D eigenvalue weighted by atomic mass is 35.5. The highest BCUT2D eigenvalue weighted by molar-refractivity contribution is 6.35. The number of nitriles is 1. The number of amides is 1. The number of benzene rings is 1. The minimum absolute atomic E-state index is 0.0302. The average Bonchev–Trinajstić information content (AvgIpc) is 3.39. The average molecular weight is 503 g/mol. The zero-order valence-electron chi connectivity index (χ0n) is 16.4. The first-order chi connectivity index (χ1) is 15.6. The van der Waals surface area contributed by atoms with Crippen molar-refractivity contribution < 1.29 is 27.2 Å². The fourth-order valence-corrected chi connectivity index (χ4v) is 3.98. The first kappa shape index (κ1) is 23.0. The fourth-order valence-electron chi connectivity index (χ4n) is 3.49. The van der Waals surface area contributed by atoms with Crippen molar-refractivity contribution in [2.24, 2.45) is 5.16 Å². The standard InChI is InChI=1S/C19H12Cl2F4N6O2/c20-11-3-10(4-12(21)15(11)22)18(19(23,24)25)5-14(30-33-18)31-7-9-6-28-16(29-13(9)8-31)17(32)27-2-1-26/h3-4,6H,2,5,7-8H2,(H,27,32). The van der Waals surface area contributed by atoms with Gasteiger partial charge in [0, 0.05) is 23.9 Å². The Hall–Kier alpha value is -3.17. The van der Waals surface area contributed by atoms with Crippen LogP contribution in [0.15, 0.2) is 23.5 Å². The molecule has 2 aromatic rings. The normalized spacial score (nSPS) is 19.5. The summed E-state index contributed by atoms with van der Waals surface area (Å²) in [6, 6.07) is 3.37. The maximum Gasteiger partial charge on any atom is 0.435 e. The molecule has 3 heterocycles. The molecule has 2 aliphatic heterocycles. The highest BCUT2D eigenvalue weighted by Gasteiger charge is 2.63. The second-order valence-corrected chi connectivity index (χ2v) is 8.03. The van der Waals surface area contributed by atoms with Gasteiger partial charge in [-0.1, -0.05) is 28.4 Å². The molecule has 1 N–H and O–H groups in total. The number of oxime groups is 1. The molecule has 4 rings (SSSR count). The summed E-state index contributed by atoms with van der Waals surface area (Å²) in [4.78, 5) is 26.4. The second-order valence-electron chi connectivity index (χ2n) is 7.22. The van der Waals surface area contributed by atoms with E-state index in [0.29, 0.717) is 11.3 Å². The van der Waals surface area contributed by atoms with Gasteiger partial charge < -0.3 is 15.1 Å². The van der Waals surface area contributed by atoms with Crippen molar-refractivity contribution in [3.63, 3.8) is 0 Å². The molecule has 1 unspecified atom stereocenters. The van der Waals surface area contributed by atoms with Gasteiger partial charge in [0.2, 0.25) is 5.82 Å². The molecular formula is C19H12Cl2F4N6O2. The van der Waals surface area contributed by atoms with Crippen LogP contribution in [0.3, 0.4) is 0 Å². The summed E-state index contributed by atoms with van der Waals surface area (Å²) in [6.45, 7) is -0.0373. The van der Waals surface area contributed by atoms with Crippen molar-refractivity contribution in [3.8, 4) is 6.07 Å². The molecule has 1 aromatic heterocycles. The Kier molecular flexibility index (Phi) is 5.79. The van der Waals surface area contributed by atoms with Gasteiger partial charge in [0.1, 0.15) is 12.4 Å². The van der Waals surface area contributed by atoms with E-state index in [1.54, 1.807) is 6.07 Å². The number of amidine groups is 1. The number of nitrogens with zero attached hydrogens (tertiary/aromatic N) is 5. The van der Waals surface area contributed by atoms with Crippen LogP contribution in [0.25, 0.3) is 0 Å². The molecule has 0 radical (unpaired) electrons. The number of carbonyl (C=O) groups is 1. The number of hydrogen-bond acceptors (Lipinski definition) is 7. The van der Waals surface area contributed by atoms with Gasteiger partial charge in [-0.15, -0.1) is 0 Å². The minimum Gasteiger partial charge on any atom is -0.372 e. The molecule has 172 valence electrons. The fraction of sp³-hybridized carbons (Fsp3) is 0.316. The summed E-state index contributed by atoms with van der Waals surface area (Å²) in [5, 5.41) is 13.4. The Morgan fingerprint density at radius 1 is 1.30 bits per heavy atom. The summed E-state index contributed by atoms with van der Waals surface area (Å²) in [6.07, 6.45) is -4.26. The van der Waals surface area contributed by atoms with Gasteiger partial charge in [-0.3, -0.25) is 4.79 Å². The predicted molar refractivity (Wildman–Crippen MR) is 107 cm³/mol. The SMILES string of the molecule is N#CCNC(=O)c1ncc2c(n1)CN(C1=NOC(c3cc(Cl)c(F)c(Cl)c3)(C(F)(F)F)C1)C2. The number of fused-ring (bicyclic) bond motifs is 1. The van der Waals surface area contributed by atoms with Gasteiger partial charge >= 0.3 is 6.18 Å². The Labute approximate surface area is 193 Å². The molecule has 1 amide bonds. The number of halogens is 6. The van der Waals surface area contributed by atoms with E-state index in [2.05, 4.69) is 20.4 Å². The van der Waals surface area contributed by atoms with E-state index < -0.39 is 45.5 Å². The molecule has 1 aromatic carbocycles. The van der Waals surface area contributed by atoms with E-state index in [-0.39, 0.29) is 31.3 Å². The van der Waals surface area contributed by atoms with Crippen LogP contribution < -0.4 is 5.32 Å².